The molecule has 0 aliphatic rings. The highest BCUT2D eigenvalue weighted by Crippen LogP contribution is 2.22. The molecule has 0 saturated heterocycles. The second kappa shape index (κ2) is 6.71. The monoisotopic (exact) mass is 271 g/mol. The molecule has 0 bridgehead atoms. The summed E-state index contributed by atoms with van der Waals surface area (Å²) < 4.78 is 2.00. The summed E-state index contributed by atoms with van der Waals surface area (Å²) in [6.45, 7) is 7.50. The molecule has 108 valence electrons. The van der Waals surface area contributed by atoms with E-state index < -0.39 is 0 Å². The quantitative estimate of drug-likeness (QED) is 0.875. The molecule has 0 aliphatic carbocycles. The van der Waals surface area contributed by atoms with Crippen LogP contribution >= 0.6 is 0 Å². The molecule has 1 heterocycles. The van der Waals surface area contributed by atoms with E-state index in [4.69, 9.17) is 0 Å². The third kappa shape index (κ3) is 3.48. The van der Waals surface area contributed by atoms with Gasteiger partial charge in [0, 0.05) is 25.2 Å². The van der Waals surface area contributed by atoms with E-state index in [2.05, 4.69) is 60.7 Å². The predicted octanol–water partition coefficient (Wildman–Crippen LogP) is 3.05. The van der Waals surface area contributed by atoms with Crippen molar-refractivity contribution in [1.82, 2.24) is 15.1 Å². The molecular formula is C17H25N3. The van der Waals surface area contributed by atoms with Crippen LogP contribution in [0.5, 0.6) is 0 Å². The molecule has 1 aromatic carbocycles. The maximum absolute atomic E-state index is 4.45. The summed E-state index contributed by atoms with van der Waals surface area (Å²) in [5, 5.41) is 8.07. The topological polar surface area (TPSA) is 29.9 Å². The van der Waals surface area contributed by atoms with Crippen LogP contribution in [0.15, 0.2) is 36.4 Å². The smallest absolute Gasteiger partial charge is 0.0596 e. The van der Waals surface area contributed by atoms with Crippen LogP contribution in [-0.2, 0) is 13.5 Å². The number of nitrogens with one attached hydrogen (secondary N) is 1. The highest BCUT2D eigenvalue weighted by molar-refractivity contribution is 5.22. The standard InChI is InChI=1S/C17H25N3/c1-5-18-17(12-16-11-13(2)19-20(16)4)14(3)15-9-7-6-8-10-15/h6-11,14,17-18H,5,12H2,1-4H3. The second-order valence-electron chi connectivity index (χ2n) is 5.47. The van der Waals surface area contributed by atoms with E-state index >= 15 is 0 Å². The largest absolute Gasteiger partial charge is 0.313 e. The Morgan fingerprint density at radius 2 is 1.95 bits per heavy atom. The highest BCUT2D eigenvalue weighted by Gasteiger charge is 2.20. The summed E-state index contributed by atoms with van der Waals surface area (Å²) >= 11 is 0. The second-order valence-corrected chi connectivity index (χ2v) is 5.47. The third-order valence-corrected chi connectivity index (χ3v) is 3.92. The lowest BCUT2D eigenvalue weighted by Crippen LogP contribution is -2.36. The summed E-state index contributed by atoms with van der Waals surface area (Å²) in [5.41, 5.74) is 3.76. The summed E-state index contributed by atoms with van der Waals surface area (Å²) in [7, 11) is 2.03. The van der Waals surface area contributed by atoms with Gasteiger partial charge in [0.15, 0.2) is 0 Å². The van der Waals surface area contributed by atoms with Gasteiger partial charge in [-0.05, 0) is 31.0 Å². The molecule has 0 radical (unpaired) electrons. The van der Waals surface area contributed by atoms with Crippen molar-refractivity contribution in [3.05, 3.63) is 53.3 Å². The number of hydrogen-bond donors (Lipinski definition) is 1. The lowest BCUT2D eigenvalue weighted by Gasteiger charge is -2.25. The van der Waals surface area contributed by atoms with Gasteiger partial charge in [-0.25, -0.2) is 0 Å². The van der Waals surface area contributed by atoms with Crippen molar-refractivity contribution in [2.24, 2.45) is 7.05 Å². The molecule has 3 heteroatoms. The SMILES string of the molecule is CCNC(Cc1cc(C)nn1C)C(C)c1ccccc1. The first-order valence-corrected chi connectivity index (χ1v) is 7.39. The Morgan fingerprint density at radius 3 is 2.50 bits per heavy atom. The van der Waals surface area contributed by atoms with Crippen molar-refractivity contribution in [3.8, 4) is 0 Å². The van der Waals surface area contributed by atoms with E-state index in [0.717, 1.165) is 18.7 Å². The zero-order valence-electron chi connectivity index (χ0n) is 12.9. The molecule has 0 saturated carbocycles. The Labute approximate surface area is 122 Å². The van der Waals surface area contributed by atoms with Crippen molar-refractivity contribution in [2.45, 2.75) is 39.2 Å². The third-order valence-electron chi connectivity index (χ3n) is 3.92. The fourth-order valence-electron chi connectivity index (χ4n) is 2.76. The predicted molar refractivity (Wildman–Crippen MR) is 84.0 cm³/mol. The van der Waals surface area contributed by atoms with Crippen LogP contribution < -0.4 is 5.32 Å². The zero-order chi connectivity index (χ0) is 14.5. The molecule has 2 atom stereocenters. The van der Waals surface area contributed by atoms with Gasteiger partial charge in [0.1, 0.15) is 0 Å². The molecule has 2 aromatic rings. The van der Waals surface area contributed by atoms with Crippen LogP contribution in [0.2, 0.25) is 0 Å². The van der Waals surface area contributed by atoms with Gasteiger partial charge in [0.25, 0.3) is 0 Å². The van der Waals surface area contributed by atoms with Crippen molar-refractivity contribution >= 4 is 0 Å². The molecule has 2 rings (SSSR count). The van der Waals surface area contributed by atoms with Crippen molar-refractivity contribution in [3.63, 3.8) is 0 Å². The Kier molecular flexibility index (Phi) is 4.96. The molecule has 0 spiro atoms. The molecule has 1 N–H and O–H groups in total. The Morgan fingerprint density at radius 1 is 1.25 bits per heavy atom. The van der Waals surface area contributed by atoms with Gasteiger partial charge >= 0.3 is 0 Å². The molecule has 0 amide bonds. The molecule has 0 aliphatic heterocycles. The van der Waals surface area contributed by atoms with Crippen molar-refractivity contribution in [2.75, 3.05) is 6.54 Å². The average molecular weight is 271 g/mol. The summed E-state index contributed by atoms with van der Waals surface area (Å²) in [6.07, 6.45) is 1.00. The minimum absolute atomic E-state index is 0.428. The van der Waals surface area contributed by atoms with Crippen molar-refractivity contribution < 1.29 is 0 Å². The number of hydrogen-bond acceptors (Lipinski definition) is 2. The van der Waals surface area contributed by atoms with Gasteiger partial charge in [-0.2, -0.15) is 5.10 Å². The van der Waals surface area contributed by atoms with Crippen LogP contribution in [0.1, 0.15) is 36.7 Å². The van der Waals surface area contributed by atoms with Crippen molar-refractivity contribution in [1.29, 1.82) is 0 Å². The van der Waals surface area contributed by atoms with Gasteiger partial charge in [-0.1, -0.05) is 44.2 Å². The Bertz CT molecular complexity index is 530. The summed E-state index contributed by atoms with van der Waals surface area (Å²) in [5.74, 6) is 0.478. The normalized spacial score (nSPS) is 14.2. The number of aryl methyl sites for hydroxylation is 2. The van der Waals surface area contributed by atoms with Gasteiger partial charge in [0.2, 0.25) is 0 Å². The molecule has 1 aromatic heterocycles. The molecule has 3 nitrogen and oxygen atoms in total. The van der Waals surface area contributed by atoms with E-state index in [1.54, 1.807) is 0 Å². The van der Waals surface area contributed by atoms with E-state index in [0.29, 0.717) is 12.0 Å². The molecule has 20 heavy (non-hydrogen) atoms. The number of likely N-dealkylation sites (N-methyl/N-ethyl adjacent to an activating group) is 1. The van der Waals surface area contributed by atoms with Crippen LogP contribution in [0, 0.1) is 6.92 Å². The van der Waals surface area contributed by atoms with Crippen LogP contribution in [0.4, 0.5) is 0 Å². The minimum Gasteiger partial charge on any atom is -0.313 e. The average Bonchev–Trinajstić information content (AvgIpc) is 2.76. The van der Waals surface area contributed by atoms with Gasteiger partial charge in [-0.3, -0.25) is 4.68 Å². The first-order valence-electron chi connectivity index (χ1n) is 7.39. The van der Waals surface area contributed by atoms with E-state index in [1.165, 1.54) is 11.3 Å². The minimum atomic E-state index is 0.428. The Hall–Kier alpha value is -1.61. The Balaban J connectivity index is 2.16. The van der Waals surface area contributed by atoms with Crippen LogP contribution in [0.3, 0.4) is 0 Å². The highest BCUT2D eigenvalue weighted by atomic mass is 15.3. The fraction of sp³-hybridized carbons (Fsp3) is 0.471. The van der Waals surface area contributed by atoms with Gasteiger partial charge in [-0.15, -0.1) is 0 Å². The molecule has 2 unspecified atom stereocenters. The number of nitrogens with zero attached hydrogens (tertiary/aromatic N) is 2. The lowest BCUT2D eigenvalue weighted by molar-refractivity contribution is 0.447. The number of benzene rings is 1. The molecular weight excluding hydrogens is 246 g/mol. The number of aromatic nitrogens is 2. The molecule has 0 fully saturated rings. The van der Waals surface area contributed by atoms with Gasteiger partial charge < -0.3 is 5.32 Å². The van der Waals surface area contributed by atoms with E-state index in [-0.39, 0.29) is 0 Å². The number of rotatable bonds is 6. The maximum atomic E-state index is 4.45. The van der Waals surface area contributed by atoms with E-state index in [9.17, 15) is 0 Å². The van der Waals surface area contributed by atoms with E-state index in [1.807, 2.05) is 18.7 Å². The zero-order valence-corrected chi connectivity index (χ0v) is 12.9. The maximum Gasteiger partial charge on any atom is 0.0596 e. The van der Waals surface area contributed by atoms with Crippen LogP contribution in [0.25, 0.3) is 0 Å². The summed E-state index contributed by atoms with van der Waals surface area (Å²) in [6, 6.07) is 13.3. The first kappa shape index (κ1) is 14.8. The van der Waals surface area contributed by atoms with Crippen LogP contribution in [-0.4, -0.2) is 22.4 Å². The van der Waals surface area contributed by atoms with Gasteiger partial charge in [0.05, 0.1) is 5.69 Å². The lowest BCUT2D eigenvalue weighted by atomic mass is 9.90. The fourth-order valence-corrected chi connectivity index (χ4v) is 2.76. The summed E-state index contributed by atoms with van der Waals surface area (Å²) in [4.78, 5) is 0. The first-order chi connectivity index (χ1) is 9.61.